The fourth-order valence-corrected chi connectivity index (χ4v) is 3.77. The first-order valence-corrected chi connectivity index (χ1v) is 9.75. The third-order valence-corrected chi connectivity index (χ3v) is 5.29. The van der Waals surface area contributed by atoms with Crippen molar-refractivity contribution in [1.82, 2.24) is 9.97 Å². The number of fused-ring (bicyclic) bond motifs is 1. The Morgan fingerprint density at radius 1 is 1.37 bits per heavy atom. The minimum absolute atomic E-state index is 0.0312. The number of amides is 1. The van der Waals surface area contributed by atoms with E-state index in [0.29, 0.717) is 16.3 Å². The molecule has 3 rings (SSSR count). The molecule has 0 spiro atoms. The number of thiophene rings is 1. The van der Waals surface area contributed by atoms with Gasteiger partial charge in [-0.25, -0.2) is 9.97 Å². The van der Waals surface area contributed by atoms with Gasteiger partial charge in [-0.3, -0.25) is 9.59 Å². The van der Waals surface area contributed by atoms with Crippen LogP contribution >= 0.6 is 23.1 Å². The zero-order valence-electron chi connectivity index (χ0n) is 14.2. The van der Waals surface area contributed by atoms with Crippen LogP contribution in [-0.2, 0) is 14.3 Å². The molecule has 1 N–H and O–H groups in total. The van der Waals surface area contributed by atoms with Crippen molar-refractivity contribution in [3.8, 4) is 6.07 Å². The van der Waals surface area contributed by atoms with Crippen LogP contribution in [0, 0.1) is 11.3 Å². The van der Waals surface area contributed by atoms with Crippen molar-refractivity contribution in [3.63, 3.8) is 0 Å². The lowest BCUT2D eigenvalue weighted by molar-refractivity contribution is -0.150. The highest BCUT2D eigenvalue weighted by Gasteiger charge is 2.19. The lowest BCUT2D eigenvalue weighted by atomic mass is 10.2. The van der Waals surface area contributed by atoms with E-state index in [4.69, 9.17) is 10.00 Å². The summed E-state index contributed by atoms with van der Waals surface area (Å²) in [5.74, 6) is -0.954. The first kappa shape index (κ1) is 18.8. The molecule has 0 saturated carbocycles. The Morgan fingerprint density at radius 2 is 2.22 bits per heavy atom. The summed E-state index contributed by atoms with van der Waals surface area (Å²) in [6.07, 6.45) is 0.494. The van der Waals surface area contributed by atoms with Crippen molar-refractivity contribution >= 4 is 50.9 Å². The monoisotopic (exact) mass is 398 g/mol. The third-order valence-electron chi connectivity index (χ3n) is 3.49. The summed E-state index contributed by atoms with van der Waals surface area (Å²) in [6.45, 7) is 1.49. The van der Waals surface area contributed by atoms with E-state index in [-0.39, 0.29) is 5.75 Å². The van der Waals surface area contributed by atoms with Crippen molar-refractivity contribution in [2.45, 2.75) is 18.1 Å². The number of ether oxygens (including phenoxy) is 1. The van der Waals surface area contributed by atoms with Crippen molar-refractivity contribution in [2.75, 3.05) is 11.1 Å². The largest absolute Gasteiger partial charge is 0.452 e. The molecule has 7 nitrogen and oxygen atoms in total. The normalized spacial score (nSPS) is 11.6. The van der Waals surface area contributed by atoms with Crippen molar-refractivity contribution < 1.29 is 14.3 Å². The molecule has 3 aromatic rings. The highest BCUT2D eigenvalue weighted by molar-refractivity contribution is 8.00. The molecule has 1 aromatic carbocycles. The van der Waals surface area contributed by atoms with Gasteiger partial charge in [0.05, 0.1) is 17.4 Å². The number of carbonyl (C=O) groups is 2. The summed E-state index contributed by atoms with van der Waals surface area (Å²) in [5, 5.41) is 15.0. The van der Waals surface area contributed by atoms with Gasteiger partial charge in [0.15, 0.2) is 6.10 Å². The van der Waals surface area contributed by atoms with Gasteiger partial charge >= 0.3 is 5.97 Å². The van der Waals surface area contributed by atoms with Gasteiger partial charge in [-0.2, -0.15) is 5.26 Å². The van der Waals surface area contributed by atoms with E-state index in [1.807, 2.05) is 17.5 Å². The van der Waals surface area contributed by atoms with Crippen LogP contribution in [0.2, 0.25) is 0 Å². The number of rotatable bonds is 6. The molecule has 1 atom stereocenters. The Morgan fingerprint density at radius 3 is 3.04 bits per heavy atom. The summed E-state index contributed by atoms with van der Waals surface area (Å²) in [4.78, 5) is 33.4. The van der Waals surface area contributed by atoms with Crippen LogP contribution in [0.3, 0.4) is 0 Å². The second-order valence-corrected chi connectivity index (χ2v) is 7.28. The molecule has 2 aromatic heterocycles. The second-order valence-electron chi connectivity index (χ2n) is 5.42. The maximum Gasteiger partial charge on any atom is 0.317 e. The lowest BCUT2D eigenvalue weighted by Crippen LogP contribution is -2.30. The Kier molecular flexibility index (Phi) is 6.01. The number of hydrogen-bond acceptors (Lipinski definition) is 8. The number of nitrogens with one attached hydrogen (secondary N) is 1. The molecule has 0 fully saturated rings. The smallest absolute Gasteiger partial charge is 0.317 e. The topological polar surface area (TPSA) is 105 Å². The third kappa shape index (κ3) is 4.81. The molecular formula is C18H14N4O3S2. The predicted molar refractivity (Wildman–Crippen MR) is 103 cm³/mol. The second kappa shape index (κ2) is 8.62. The Labute approximate surface area is 163 Å². The van der Waals surface area contributed by atoms with Gasteiger partial charge in [-0.15, -0.1) is 11.3 Å². The molecule has 0 bridgehead atoms. The number of hydrogen-bond donors (Lipinski definition) is 1. The van der Waals surface area contributed by atoms with Crippen LogP contribution in [0.4, 0.5) is 5.69 Å². The number of esters is 1. The first-order valence-electron chi connectivity index (χ1n) is 7.88. The Balaban J connectivity index is 1.53. The number of carbonyl (C=O) groups excluding carboxylic acids is 2. The molecule has 1 amide bonds. The van der Waals surface area contributed by atoms with Gasteiger partial charge in [-0.05, 0) is 36.6 Å². The van der Waals surface area contributed by atoms with Crippen LogP contribution in [0.25, 0.3) is 10.2 Å². The molecule has 27 heavy (non-hydrogen) atoms. The summed E-state index contributed by atoms with van der Waals surface area (Å²) >= 11 is 2.74. The number of nitrogens with zero attached hydrogens (tertiary/aromatic N) is 3. The SMILES string of the molecule is C[C@@H](OC(=O)CSc1ncnc2sccc12)C(=O)Nc1cccc(C#N)c1. The van der Waals surface area contributed by atoms with E-state index in [1.165, 1.54) is 36.3 Å². The van der Waals surface area contributed by atoms with E-state index >= 15 is 0 Å². The fourth-order valence-electron chi connectivity index (χ4n) is 2.20. The molecule has 2 heterocycles. The van der Waals surface area contributed by atoms with E-state index in [0.717, 1.165) is 10.2 Å². The van der Waals surface area contributed by atoms with Gasteiger partial charge in [0.25, 0.3) is 5.91 Å². The average molecular weight is 398 g/mol. The zero-order chi connectivity index (χ0) is 19.2. The summed E-state index contributed by atoms with van der Waals surface area (Å²) in [5.41, 5.74) is 0.899. The van der Waals surface area contributed by atoms with E-state index in [9.17, 15) is 9.59 Å². The van der Waals surface area contributed by atoms with Gasteiger partial charge in [0, 0.05) is 11.1 Å². The summed E-state index contributed by atoms with van der Waals surface area (Å²) in [6, 6.07) is 10.4. The molecular weight excluding hydrogens is 384 g/mol. The quantitative estimate of drug-likeness (QED) is 0.386. The average Bonchev–Trinajstić information content (AvgIpc) is 3.15. The van der Waals surface area contributed by atoms with Crippen LogP contribution < -0.4 is 5.32 Å². The predicted octanol–water partition coefficient (Wildman–Crippen LogP) is 3.23. The molecule has 0 aliphatic carbocycles. The summed E-state index contributed by atoms with van der Waals surface area (Å²) < 4.78 is 5.18. The van der Waals surface area contributed by atoms with Crippen LogP contribution in [0.1, 0.15) is 12.5 Å². The van der Waals surface area contributed by atoms with E-state index < -0.39 is 18.0 Å². The Hall–Kier alpha value is -2.96. The highest BCUT2D eigenvalue weighted by atomic mass is 32.2. The van der Waals surface area contributed by atoms with Crippen LogP contribution in [0.15, 0.2) is 47.1 Å². The van der Waals surface area contributed by atoms with Gasteiger partial charge in [-0.1, -0.05) is 17.8 Å². The highest BCUT2D eigenvalue weighted by Crippen LogP contribution is 2.27. The molecule has 136 valence electrons. The maximum absolute atomic E-state index is 12.2. The van der Waals surface area contributed by atoms with Crippen molar-refractivity contribution in [2.24, 2.45) is 0 Å². The fraction of sp³-hybridized carbons (Fsp3) is 0.167. The van der Waals surface area contributed by atoms with Crippen molar-refractivity contribution in [1.29, 1.82) is 5.26 Å². The van der Waals surface area contributed by atoms with Crippen LogP contribution in [-0.4, -0.2) is 33.7 Å². The Bertz CT molecular complexity index is 1030. The number of thioether (sulfide) groups is 1. The van der Waals surface area contributed by atoms with Crippen molar-refractivity contribution in [3.05, 3.63) is 47.6 Å². The minimum atomic E-state index is -0.963. The maximum atomic E-state index is 12.2. The number of benzene rings is 1. The minimum Gasteiger partial charge on any atom is -0.452 e. The molecule has 0 radical (unpaired) electrons. The number of aromatic nitrogens is 2. The number of anilines is 1. The lowest BCUT2D eigenvalue weighted by Gasteiger charge is -2.13. The first-order chi connectivity index (χ1) is 13.1. The van der Waals surface area contributed by atoms with Gasteiger partial charge < -0.3 is 10.1 Å². The zero-order valence-corrected chi connectivity index (χ0v) is 15.8. The molecule has 0 aliphatic rings. The number of nitriles is 1. The van der Waals surface area contributed by atoms with E-state index in [1.54, 1.807) is 24.3 Å². The van der Waals surface area contributed by atoms with Crippen LogP contribution in [0.5, 0.6) is 0 Å². The summed E-state index contributed by atoms with van der Waals surface area (Å²) in [7, 11) is 0. The van der Waals surface area contributed by atoms with Gasteiger partial charge in [0.1, 0.15) is 16.2 Å². The van der Waals surface area contributed by atoms with E-state index in [2.05, 4.69) is 15.3 Å². The standard InChI is InChI=1S/C18H14N4O3S2/c1-11(16(24)22-13-4-2-3-12(7-13)8-19)25-15(23)9-27-18-14-5-6-26-17(14)20-10-21-18/h2-7,10-11H,9H2,1H3,(H,22,24)/t11-/m1/s1. The molecule has 0 unspecified atom stereocenters. The molecule has 0 saturated heterocycles. The van der Waals surface area contributed by atoms with Gasteiger partial charge in [0.2, 0.25) is 0 Å². The molecule has 0 aliphatic heterocycles. The molecule has 9 heteroatoms.